The zero-order valence-electron chi connectivity index (χ0n) is 13.5. The molecular weight excluding hydrogens is 320 g/mol. The molecule has 24 heavy (non-hydrogen) atoms. The maximum atomic E-state index is 10.4. The van der Waals surface area contributed by atoms with Crippen molar-refractivity contribution in [2.75, 3.05) is 6.54 Å². The minimum absolute atomic E-state index is 0. The Hall–Kier alpha value is -1.81. The van der Waals surface area contributed by atoms with E-state index in [1.165, 1.54) is 28.6 Å². The van der Waals surface area contributed by atoms with Crippen LogP contribution in [0.2, 0.25) is 0 Å². The summed E-state index contributed by atoms with van der Waals surface area (Å²) < 4.78 is 0. The number of H-pyrrole nitrogens is 1. The molecule has 4 rings (SSSR count). The van der Waals surface area contributed by atoms with Gasteiger partial charge in [-0.2, -0.15) is 0 Å². The van der Waals surface area contributed by atoms with Gasteiger partial charge in [-0.05, 0) is 36.5 Å². The number of aromatic nitrogens is 1. The second kappa shape index (κ2) is 7.39. The Balaban J connectivity index is 0.00000169. The number of nitrogens with one attached hydrogen (secondary N) is 2. The monoisotopic (exact) mass is 342 g/mol. The third kappa shape index (κ3) is 3.20. The van der Waals surface area contributed by atoms with E-state index in [2.05, 4.69) is 34.6 Å². The second-order valence-corrected chi connectivity index (χ2v) is 6.34. The van der Waals surface area contributed by atoms with Crippen LogP contribution in [0.5, 0.6) is 0 Å². The van der Waals surface area contributed by atoms with Crippen molar-refractivity contribution in [2.45, 2.75) is 31.4 Å². The maximum absolute atomic E-state index is 10.4. The highest BCUT2D eigenvalue weighted by molar-refractivity contribution is 5.85. The summed E-state index contributed by atoms with van der Waals surface area (Å²) in [6, 6.07) is 18.7. The zero-order chi connectivity index (χ0) is 15.6. The van der Waals surface area contributed by atoms with Gasteiger partial charge >= 0.3 is 0 Å². The van der Waals surface area contributed by atoms with Crippen molar-refractivity contribution in [2.24, 2.45) is 0 Å². The fraction of sp³-hybridized carbons (Fsp3) is 0.300. The molecule has 1 unspecified atom stereocenters. The number of aromatic amines is 1. The number of halogens is 1. The van der Waals surface area contributed by atoms with Crippen molar-refractivity contribution < 1.29 is 5.11 Å². The van der Waals surface area contributed by atoms with Gasteiger partial charge < -0.3 is 15.4 Å². The fourth-order valence-electron chi connectivity index (χ4n) is 3.67. The molecule has 126 valence electrons. The van der Waals surface area contributed by atoms with E-state index in [4.69, 9.17) is 0 Å². The number of benzene rings is 2. The Bertz CT molecular complexity index is 800. The quantitative estimate of drug-likeness (QED) is 0.662. The number of aryl methyl sites for hydroxylation is 1. The average Bonchev–Trinajstić information content (AvgIpc) is 3.00. The summed E-state index contributed by atoms with van der Waals surface area (Å²) in [6.45, 7) is 0.573. The van der Waals surface area contributed by atoms with Gasteiger partial charge in [0.1, 0.15) is 0 Å². The van der Waals surface area contributed by atoms with E-state index in [1.54, 1.807) is 0 Å². The van der Waals surface area contributed by atoms with Gasteiger partial charge in [0.2, 0.25) is 0 Å². The highest BCUT2D eigenvalue weighted by atomic mass is 35.5. The molecule has 1 aromatic heterocycles. The zero-order valence-corrected chi connectivity index (χ0v) is 14.4. The summed E-state index contributed by atoms with van der Waals surface area (Å²) in [7, 11) is 0. The first-order valence-corrected chi connectivity index (χ1v) is 8.39. The van der Waals surface area contributed by atoms with Crippen molar-refractivity contribution in [3.8, 4) is 0 Å². The average molecular weight is 343 g/mol. The molecule has 1 aliphatic rings. The van der Waals surface area contributed by atoms with Gasteiger partial charge in [-0.3, -0.25) is 0 Å². The number of fused-ring (bicyclic) bond motifs is 3. The first-order chi connectivity index (χ1) is 11.3. The summed E-state index contributed by atoms with van der Waals surface area (Å²) in [5.41, 5.74) is 4.93. The number of rotatable bonds is 4. The largest absolute Gasteiger partial charge is 0.387 e. The lowest BCUT2D eigenvalue weighted by molar-refractivity contribution is 0.168. The maximum Gasteiger partial charge on any atom is 0.0914 e. The third-order valence-corrected chi connectivity index (χ3v) is 4.86. The summed E-state index contributed by atoms with van der Waals surface area (Å²) in [5.74, 6) is 0. The van der Waals surface area contributed by atoms with E-state index in [9.17, 15) is 5.11 Å². The third-order valence-electron chi connectivity index (χ3n) is 4.86. The van der Waals surface area contributed by atoms with Crippen LogP contribution in [0, 0.1) is 0 Å². The Kier molecular flexibility index (Phi) is 5.24. The SMILES string of the molecule is Cl.O[C@@H](CNC1CCCc2c1[nH]c1ccccc21)c1ccccc1. The van der Waals surface area contributed by atoms with Crippen LogP contribution >= 0.6 is 12.4 Å². The Labute approximate surface area is 148 Å². The molecule has 4 heteroatoms. The van der Waals surface area contributed by atoms with Crippen molar-refractivity contribution >= 4 is 23.3 Å². The summed E-state index contributed by atoms with van der Waals surface area (Å²) in [6.07, 6.45) is 2.97. The summed E-state index contributed by atoms with van der Waals surface area (Å²) in [5, 5.41) is 15.3. The Morgan fingerprint density at radius 2 is 1.83 bits per heavy atom. The van der Waals surface area contributed by atoms with E-state index in [0.717, 1.165) is 18.4 Å². The lowest BCUT2D eigenvalue weighted by Gasteiger charge is -2.25. The number of para-hydroxylation sites is 1. The molecule has 0 spiro atoms. The molecule has 2 aromatic carbocycles. The van der Waals surface area contributed by atoms with Gasteiger partial charge in [-0.1, -0.05) is 48.5 Å². The topological polar surface area (TPSA) is 48.0 Å². The Morgan fingerprint density at radius 3 is 2.67 bits per heavy atom. The van der Waals surface area contributed by atoms with E-state index in [-0.39, 0.29) is 12.4 Å². The van der Waals surface area contributed by atoms with Crippen LogP contribution in [0.1, 0.15) is 41.8 Å². The number of hydrogen-bond acceptors (Lipinski definition) is 2. The van der Waals surface area contributed by atoms with E-state index in [1.807, 2.05) is 30.3 Å². The standard InChI is InChI=1S/C20H22N2O.ClH/c23-19(14-7-2-1-3-8-14)13-21-18-12-6-10-16-15-9-4-5-11-17(15)22-20(16)18;/h1-5,7-9,11,18-19,21-23H,6,10,12-13H2;1H/t18?,19-;/m0./s1. The van der Waals surface area contributed by atoms with Crippen LogP contribution in [-0.4, -0.2) is 16.6 Å². The Morgan fingerprint density at radius 1 is 1.08 bits per heavy atom. The first-order valence-electron chi connectivity index (χ1n) is 8.39. The number of aliphatic hydroxyl groups excluding tert-OH is 1. The molecule has 0 fully saturated rings. The predicted octanol–water partition coefficient (Wildman–Crippen LogP) is 4.29. The lowest BCUT2D eigenvalue weighted by atomic mass is 9.91. The summed E-state index contributed by atoms with van der Waals surface area (Å²) >= 11 is 0. The molecule has 3 N–H and O–H groups in total. The van der Waals surface area contributed by atoms with Crippen molar-refractivity contribution in [1.82, 2.24) is 10.3 Å². The minimum atomic E-state index is -0.467. The van der Waals surface area contributed by atoms with Crippen LogP contribution in [0.25, 0.3) is 10.9 Å². The number of aliphatic hydroxyl groups is 1. The van der Waals surface area contributed by atoms with Crippen LogP contribution in [0.15, 0.2) is 54.6 Å². The molecule has 0 aliphatic heterocycles. The van der Waals surface area contributed by atoms with E-state index < -0.39 is 6.10 Å². The van der Waals surface area contributed by atoms with Gasteiger partial charge in [0, 0.05) is 29.2 Å². The molecule has 3 nitrogen and oxygen atoms in total. The molecule has 3 aromatic rings. The molecule has 1 aliphatic carbocycles. The normalized spacial score (nSPS) is 18.0. The van der Waals surface area contributed by atoms with Gasteiger partial charge in [0.15, 0.2) is 0 Å². The molecule has 2 atom stereocenters. The van der Waals surface area contributed by atoms with Crippen molar-refractivity contribution in [3.63, 3.8) is 0 Å². The highest BCUT2D eigenvalue weighted by Crippen LogP contribution is 2.34. The summed E-state index contributed by atoms with van der Waals surface area (Å²) in [4.78, 5) is 3.59. The van der Waals surface area contributed by atoms with E-state index in [0.29, 0.717) is 12.6 Å². The van der Waals surface area contributed by atoms with Gasteiger partial charge in [0.25, 0.3) is 0 Å². The molecule has 0 radical (unpaired) electrons. The van der Waals surface area contributed by atoms with Crippen LogP contribution < -0.4 is 5.32 Å². The molecule has 0 bridgehead atoms. The minimum Gasteiger partial charge on any atom is -0.387 e. The molecule has 0 amide bonds. The van der Waals surface area contributed by atoms with Crippen molar-refractivity contribution in [3.05, 3.63) is 71.4 Å². The lowest BCUT2D eigenvalue weighted by Crippen LogP contribution is -2.29. The first kappa shape index (κ1) is 17.0. The second-order valence-electron chi connectivity index (χ2n) is 6.34. The van der Waals surface area contributed by atoms with Crippen LogP contribution in [-0.2, 0) is 6.42 Å². The van der Waals surface area contributed by atoms with E-state index >= 15 is 0 Å². The number of hydrogen-bond donors (Lipinski definition) is 3. The molecule has 0 saturated carbocycles. The van der Waals surface area contributed by atoms with Gasteiger partial charge in [-0.15, -0.1) is 12.4 Å². The smallest absolute Gasteiger partial charge is 0.0914 e. The van der Waals surface area contributed by atoms with Crippen LogP contribution in [0.4, 0.5) is 0 Å². The van der Waals surface area contributed by atoms with Crippen molar-refractivity contribution in [1.29, 1.82) is 0 Å². The highest BCUT2D eigenvalue weighted by Gasteiger charge is 2.24. The molecule has 0 saturated heterocycles. The molecular formula is C20H23ClN2O. The molecule has 1 heterocycles. The van der Waals surface area contributed by atoms with Gasteiger partial charge in [-0.25, -0.2) is 0 Å². The van der Waals surface area contributed by atoms with Crippen LogP contribution in [0.3, 0.4) is 0 Å². The predicted molar refractivity (Wildman–Crippen MR) is 101 cm³/mol. The fourth-order valence-corrected chi connectivity index (χ4v) is 3.67. The van der Waals surface area contributed by atoms with Gasteiger partial charge in [0.05, 0.1) is 6.10 Å².